The number of sulfonamides is 1. The topological polar surface area (TPSA) is 46.2 Å². The van der Waals surface area contributed by atoms with E-state index in [-0.39, 0.29) is 5.25 Å². The molecule has 2 rings (SSSR count). The van der Waals surface area contributed by atoms with Gasteiger partial charge in [0, 0.05) is 5.33 Å². The summed E-state index contributed by atoms with van der Waals surface area (Å²) < 4.78 is 26.0. The number of alkyl halides is 1. The minimum absolute atomic E-state index is 0.180. The molecule has 5 heteroatoms. The molecule has 0 saturated heterocycles. The fraction of sp³-hybridized carbons (Fsp3) is 0.400. The van der Waals surface area contributed by atoms with Gasteiger partial charge in [0.25, 0.3) is 0 Å². The molecule has 0 radical (unpaired) electrons. The van der Waals surface area contributed by atoms with E-state index in [0.29, 0.717) is 11.0 Å². The summed E-state index contributed by atoms with van der Waals surface area (Å²) in [4.78, 5) is 0. The van der Waals surface area contributed by atoms with Crippen molar-refractivity contribution in [2.45, 2.75) is 23.4 Å². The van der Waals surface area contributed by atoms with E-state index < -0.39 is 10.0 Å². The average molecular weight is 290 g/mol. The maximum absolute atomic E-state index is 11.7. The summed E-state index contributed by atoms with van der Waals surface area (Å²) in [6.45, 7) is 0. The maximum atomic E-state index is 11.7. The predicted octanol–water partition coefficient (Wildman–Crippen LogP) is 2.49. The van der Waals surface area contributed by atoms with E-state index in [1.165, 1.54) is 0 Å². The van der Waals surface area contributed by atoms with Crippen molar-refractivity contribution in [3.05, 3.63) is 29.8 Å². The summed E-state index contributed by atoms with van der Waals surface area (Å²) >= 11 is 3.33. The Kier molecular flexibility index (Phi) is 3.02. The molecule has 0 bridgehead atoms. The molecule has 1 aromatic rings. The van der Waals surface area contributed by atoms with E-state index >= 15 is 0 Å². The Bertz CT molecular complexity index is 454. The van der Waals surface area contributed by atoms with Crippen molar-refractivity contribution in [2.24, 2.45) is 0 Å². The predicted molar refractivity (Wildman–Crippen MR) is 64.6 cm³/mol. The third-order valence-corrected chi connectivity index (χ3v) is 4.83. The zero-order valence-electron chi connectivity index (χ0n) is 8.11. The number of para-hydroxylation sites is 1. The lowest BCUT2D eigenvalue weighted by Gasteiger charge is -2.10. The summed E-state index contributed by atoms with van der Waals surface area (Å²) in [5.41, 5.74) is 1.64. The quantitative estimate of drug-likeness (QED) is 0.866. The first kappa shape index (κ1) is 11.0. The minimum Gasteiger partial charge on any atom is -0.283 e. The first-order valence-electron chi connectivity index (χ1n) is 4.79. The van der Waals surface area contributed by atoms with Crippen LogP contribution < -0.4 is 4.72 Å². The third kappa shape index (κ3) is 2.52. The van der Waals surface area contributed by atoms with Crippen molar-refractivity contribution in [2.75, 3.05) is 4.72 Å². The van der Waals surface area contributed by atoms with Gasteiger partial charge in [0.1, 0.15) is 0 Å². The van der Waals surface area contributed by atoms with E-state index in [4.69, 9.17) is 0 Å². The molecule has 0 spiro atoms. The molecule has 0 unspecified atom stereocenters. The van der Waals surface area contributed by atoms with E-state index in [2.05, 4.69) is 20.7 Å². The zero-order chi connectivity index (χ0) is 10.9. The van der Waals surface area contributed by atoms with Crippen LogP contribution in [0.5, 0.6) is 0 Å². The molecule has 1 fully saturated rings. The SMILES string of the molecule is O=S(=O)(Nc1ccccc1CBr)C1CC1. The molecule has 1 aliphatic carbocycles. The highest BCUT2D eigenvalue weighted by molar-refractivity contribution is 9.08. The van der Waals surface area contributed by atoms with Crippen molar-refractivity contribution in [1.29, 1.82) is 0 Å². The minimum atomic E-state index is -3.14. The highest BCUT2D eigenvalue weighted by atomic mass is 79.9. The molecule has 0 aromatic heterocycles. The number of hydrogen-bond acceptors (Lipinski definition) is 2. The molecular formula is C10H12BrNO2S. The summed E-state index contributed by atoms with van der Waals surface area (Å²) in [5.74, 6) is 0. The molecule has 1 saturated carbocycles. The van der Waals surface area contributed by atoms with Gasteiger partial charge in [-0.3, -0.25) is 4.72 Å². The van der Waals surface area contributed by atoms with Crippen LogP contribution in [0.3, 0.4) is 0 Å². The molecule has 82 valence electrons. The first-order valence-corrected chi connectivity index (χ1v) is 7.46. The molecular weight excluding hydrogens is 278 g/mol. The summed E-state index contributed by atoms with van der Waals surface area (Å²) in [5, 5.41) is 0.469. The standard InChI is InChI=1S/C10H12BrNO2S/c11-7-8-3-1-2-4-10(8)12-15(13,14)9-5-6-9/h1-4,9,12H,5-7H2. The fourth-order valence-electron chi connectivity index (χ4n) is 1.35. The van der Waals surface area contributed by atoms with Crippen LogP contribution in [0.4, 0.5) is 5.69 Å². The Morgan fingerprint density at radius 3 is 2.60 bits per heavy atom. The number of nitrogens with one attached hydrogen (secondary N) is 1. The second kappa shape index (κ2) is 4.14. The smallest absolute Gasteiger partial charge is 0.235 e. The van der Waals surface area contributed by atoms with Crippen LogP contribution in [0.1, 0.15) is 18.4 Å². The number of rotatable bonds is 4. The van der Waals surface area contributed by atoms with Gasteiger partial charge < -0.3 is 0 Å². The van der Waals surface area contributed by atoms with Crippen LogP contribution in [0.2, 0.25) is 0 Å². The zero-order valence-corrected chi connectivity index (χ0v) is 10.5. The van der Waals surface area contributed by atoms with E-state index in [0.717, 1.165) is 18.4 Å². The number of anilines is 1. The molecule has 1 N–H and O–H groups in total. The fourth-order valence-corrected chi connectivity index (χ4v) is 3.27. The number of benzene rings is 1. The second-order valence-electron chi connectivity index (χ2n) is 3.64. The number of hydrogen-bond donors (Lipinski definition) is 1. The van der Waals surface area contributed by atoms with Crippen LogP contribution >= 0.6 is 15.9 Å². The van der Waals surface area contributed by atoms with Crippen molar-refractivity contribution < 1.29 is 8.42 Å². The Hall–Kier alpha value is -0.550. The molecule has 0 amide bonds. The summed E-state index contributed by atoms with van der Waals surface area (Å²) in [6, 6.07) is 7.42. The van der Waals surface area contributed by atoms with Gasteiger partial charge in [0.05, 0.1) is 10.9 Å². The molecule has 0 aliphatic heterocycles. The van der Waals surface area contributed by atoms with Crippen molar-refractivity contribution in [3.63, 3.8) is 0 Å². The monoisotopic (exact) mass is 289 g/mol. The maximum Gasteiger partial charge on any atom is 0.235 e. The van der Waals surface area contributed by atoms with E-state index in [1.54, 1.807) is 6.07 Å². The Labute approximate surface area is 98.1 Å². The van der Waals surface area contributed by atoms with Crippen molar-refractivity contribution >= 4 is 31.6 Å². The molecule has 3 nitrogen and oxygen atoms in total. The largest absolute Gasteiger partial charge is 0.283 e. The summed E-state index contributed by atoms with van der Waals surface area (Å²) in [7, 11) is -3.14. The second-order valence-corrected chi connectivity index (χ2v) is 6.16. The Balaban J connectivity index is 2.23. The van der Waals surface area contributed by atoms with E-state index in [9.17, 15) is 8.42 Å². The van der Waals surface area contributed by atoms with Gasteiger partial charge >= 0.3 is 0 Å². The Morgan fingerprint density at radius 2 is 2.00 bits per heavy atom. The van der Waals surface area contributed by atoms with Gasteiger partial charge in [0.2, 0.25) is 10.0 Å². The first-order chi connectivity index (χ1) is 7.13. The van der Waals surface area contributed by atoms with Gasteiger partial charge in [0.15, 0.2) is 0 Å². The highest BCUT2D eigenvalue weighted by Gasteiger charge is 2.35. The van der Waals surface area contributed by atoms with Gasteiger partial charge in [-0.1, -0.05) is 34.1 Å². The Morgan fingerprint density at radius 1 is 1.33 bits per heavy atom. The van der Waals surface area contributed by atoms with Crippen LogP contribution in [0, 0.1) is 0 Å². The van der Waals surface area contributed by atoms with E-state index in [1.807, 2.05) is 18.2 Å². The molecule has 1 aromatic carbocycles. The molecule has 15 heavy (non-hydrogen) atoms. The molecule has 0 heterocycles. The number of halogens is 1. The van der Waals surface area contributed by atoms with Gasteiger partial charge in [-0.25, -0.2) is 8.42 Å². The lowest BCUT2D eigenvalue weighted by molar-refractivity contribution is 0.600. The van der Waals surface area contributed by atoms with Crippen molar-refractivity contribution in [1.82, 2.24) is 0 Å². The van der Waals surface area contributed by atoms with Gasteiger partial charge in [-0.05, 0) is 24.5 Å². The third-order valence-electron chi connectivity index (χ3n) is 2.38. The lowest BCUT2D eigenvalue weighted by atomic mass is 10.2. The lowest BCUT2D eigenvalue weighted by Crippen LogP contribution is -2.18. The molecule has 0 atom stereocenters. The summed E-state index contributed by atoms with van der Waals surface area (Å²) in [6.07, 6.45) is 1.57. The van der Waals surface area contributed by atoms with Crippen LogP contribution in [0.25, 0.3) is 0 Å². The van der Waals surface area contributed by atoms with Gasteiger partial charge in [-0.2, -0.15) is 0 Å². The molecule has 1 aliphatic rings. The highest BCUT2D eigenvalue weighted by Crippen LogP contribution is 2.30. The van der Waals surface area contributed by atoms with Gasteiger partial charge in [-0.15, -0.1) is 0 Å². The van der Waals surface area contributed by atoms with Crippen LogP contribution in [-0.2, 0) is 15.4 Å². The van der Waals surface area contributed by atoms with Crippen molar-refractivity contribution in [3.8, 4) is 0 Å². The van der Waals surface area contributed by atoms with Crippen LogP contribution in [-0.4, -0.2) is 13.7 Å². The average Bonchev–Trinajstić information content (AvgIpc) is 3.01. The normalized spacial score (nSPS) is 16.3. The van der Waals surface area contributed by atoms with Crippen LogP contribution in [0.15, 0.2) is 24.3 Å².